The minimum Gasteiger partial charge on any atom is -0.381 e. The van der Waals surface area contributed by atoms with E-state index in [0.717, 1.165) is 19.4 Å². The summed E-state index contributed by atoms with van der Waals surface area (Å²) in [5, 5.41) is 3.55. The molecule has 0 aliphatic heterocycles. The summed E-state index contributed by atoms with van der Waals surface area (Å²) in [5.74, 6) is 0. The molecule has 1 saturated carbocycles. The standard InChI is InChI=1S/C13H18BrNO/c1-3-16-11-7-10(8-11)15-12-6-4-5-9(2)13(12)14/h4-6,10-11,15H,3,7-8H2,1-2H3. The molecule has 0 atom stereocenters. The summed E-state index contributed by atoms with van der Waals surface area (Å²) < 4.78 is 6.72. The highest BCUT2D eigenvalue weighted by Gasteiger charge is 2.29. The molecule has 0 spiro atoms. The molecule has 16 heavy (non-hydrogen) atoms. The van der Waals surface area contributed by atoms with Crippen molar-refractivity contribution in [3.05, 3.63) is 28.2 Å². The second-order valence-corrected chi connectivity index (χ2v) is 5.12. The number of ether oxygens (including phenoxy) is 1. The molecule has 1 N–H and O–H groups in total. The van der Waals surface area contributed by atoms with Gasteiger partial charge in [-0.05, 0) is 54.2 Å². The highest BCUT2D eigenvalue weighted by molar-refractivity contribution is 9.10. The molecule has 1 aliphatic carbocycles. The molecule has 3 heteroatoms. The molecule has 1 aliphatic rings. The Bertz CT molecular complexity index is 361. The summed E-state index contributed by atoms with van der Waals surface area (Å²) >= 11 is 3.61. The van der Waals surface area contributed by atoms with Crippen LogP contribution in [0.4, 0.5) is 5.69 Å². The van der Waals surface area contributed by atoms with Crippen LogP contribution in [0.3, 0.4) is 0 Å². The fraction of sp³-hybridized carbons (Fsp3) is 0.538. The fourth-order valence-electron chi connectivity index (χ4n) is 2.03. The molecule has 1 aromatic rings. The van der Waals surface area contributed by atoms with Gasteiger partial charge in [-0.15, -0.1) is 0 Å². The summed E-state index contributed by atoms with van der Waals surface area (Å²) in [6.45, 7) is 4.99. The third-order valence-electron chi connectivity index (χ3n) is 3.05. The molecule has 1 aromatic carbocycles. The topological polar surface area (TPSA) is 21.3 Å². The molecule has 2 rings (SSSR count). The predicted octanol–water partition coefficient (Wildman–Crippen LogP) is 3.74. The van der Waals surface area contributed by atoms with E-state index in [4.69, 9.17) is 4.74 Å². The maximum absolute atomic E-state index is 5.55. The molecule has 2 nitrogen and oxygen atoms in total. The van der Waals surface area contributed by atoms with E-state index in [9.17, 15) is 0 Å². The van der Waals surface area contributed by atoms with Gasteiger partial charge in [0.05, 0.1) is 6.10 Å². The highest BCUT2D eigenvalue weighted by Crippen LogP contribution is 2.31. The lowest BCUT2D eigenvalue weighted by Gasteiger charge is -2.36. The number of anilines is 1. The molecule has 0 unspecified atom stereocenters. The summed E-state index contributed by atoms with van der Waals surface area (Å²) in [7, 11) is 0. The van der Waals surface area contributed by atoms with Crippen LogP contribution in [-0.4, -0.2) is 18.8 Å². The van der Waals surface area contributed by atoms with E-state index in [1.54, 1.807) is 0 Å². The SMILES string of the molecule is CCOC1CC(Nc2cccc(C)c2Br)C1. The number of nitrogens with one attached hydrogen (secondary N) is 1. The Kier molecular flexibility index (Phi) is 3.87. The van der Waals surface area contributed by atoms with Crippen molar-refractivity contribution in [2.24, 2.45) is 0 Å². The van der Waals surface area contributed by atoms with Crippen LogP contribution in [0.25, 0.3) is 0 Å². The summed E-state index contributed by atoms with van der Waals surface area (Å²) in [6, 6.07) is 6.88. The molecule has 0 saturated heterocycles. The smallest absolute Gasteiger partial charge is 0.0614 e. The second-order valence-electron chi connectivity index (χ2n) is 4.33. The van der Waals surface area contributed by atoms with Gasteiger partial charge < -0.3 is 10.1 Å². The van der Waals surface area contributed by atoms with Gasteiger partial charge in [-0.1, -0.05) is 12.1 Å². The van der Waals surface area contributed by atoms with E-state index in [2.05, 4.69) is 53.3 Å². The maximum Gasteiger partial charge on any atom is 0.0614 e. The van der Waals surface area contributed by atoms with E-state index in [0.29, 0.717) is 12.1 Å². The number of hydrogen-bond acceptors (Lipinski definition) is 2. The Balaban J connectivity index is 1.89. The molecule has 1 fully saturated rings. The van der Waals surface area contributed by atoms with Gasteiger partial charge >= 0.3 is 0 Å². The lowest BCUT2D eigenvalue weighted by molar-refractivity contribution is 0.00298. The molecule has 0 amide bonds. The summed E-state index contributed by atoms with van der Waals surface area (Å²) in [4.78, 5) is 0. The van der Waals surface area contributed by atoms with Crippen molar-refractivity contribution in [1.82, 2.24) is 0 Å². The molecule has 0 aromatic heterocycles. The van der Waals surface area contributed by atoms with Crippen LogP contribution in [0.2, 0.25) is 0 Å². The Morgan fingerprint density at radius 3 is 2.88 bits per heavy atom. The molecular weight excluding hydrogens is 266 g/mol. The average molecular weight is 284 g/mol. The van der Waals surface area contributed by atoms with E-state index < -0.39 is 0 Å². The van der Waals surface area contributed by atoms with Gasteiger partial charge in [-0.2, -0.15) is 0 Å². The van der Waals surface area contributed by atoms with Crippen LogP contribution in [0.1, 0.15) is 25.3 Å². The van der Waals surface area contributed by atoms with E-state index in [1.807, 2.05) is 0 Å². The Hall–Kier alpha value is -0.540. The van der Waals surface area contributed by atoms with Gasteiger partial charge in [0.1, 0.15) is 0 Å². The van der Waals surface area contributed by atoms with Gasteiger partial charge in [0.2, 0.25) is 0 Å². The van der Waals surface area contributed by atoms with Crippen molar-refractivity contribution in [3.63, 3.8) is 0 Å². The lowest BCUT2D eigenvalue weighted by atomic mass is 9.89. The fourth-order valence-corrected chi connectivity index (χ4v) is 2.41. The van der Waals surface area contributed by atoms with Crippen LogP contribution < -0.4 is 5.32 Å². The van der Waals surface area contributed by atoms with Crippen LogP contribution in [-0.2, 0) is 4.74 Å². The van der Waals surface area contributed by atoms with Crippen molar-refractivity contribution in [3.8, 4) is 0 Å². The predicted molar refractivity (Wildman–Crippen MR) is 70.9 cm³/mol. The van der Waals surface area contributed by atoms with Gasteiger partial charge in [-0.25, -0.2) is 0 Å². The van der Waals surface area contributed by atoms with E-state index in [1.165, 1.54) is 15.7 Å². The number of rotatable bonds is 4. The quantitative estimate of drug-likeness (QED) is 0.909. The Morgan fingerprint density at radius 2 is 2.19 bits per heavy atom. The first-order valence-electron chi connectivity index (χ1n) is 5.84. The number of benzene rings is 1. The minimum atomic E-state index is 0.464. The Labute approximate surface area is 106 Å². The monoisotopic (exact) mass is 283 g/mol. The van der Waals surface area contributed by atoms with Gasteiger partial charge in [0.15, 0.2) is 0 Å². The lowest BCUT2D eigenvalue weighted by Crippen LogP contribution is -2.40. The van der Waals surface area contributed by atoms with Crippen molar-refractivity contribution in [2.45, 2.75) is 38.8 Å². The molecule has 0 bridgehead atoms. The molecule has 88 valence electrons. The third-order valence-corrected chi connectivity index (χ3v) is 4.10. The molecular formula is C13H18BrNO. The van der Waals surface area contributed by atoms with Crippen LogP contribution in [0.5, 0.6) is 0 Å². The number of halogens is 1. The van der Waals surface area contributed by atoms with Gasteiger partial charge in [-0.3, -0.25) is 0 Å². The zero-order valence-corrected chi connectivity index (χ0v) is 11.4. The normalized spacial score (nSPS) is 23.9. The minimum absolute atomic E-state index is 0.464. The van der Waals surface area contributed by atoms with Crippen molar-refractivity contribution >= 4 is 21.6 Å². The summed E-state index contributed by atoms with van der Waals surface area (Å²) in [6.07, 6.45) is 2.70. The van der Waals surface area contributed by atoms with Crippen molar-refractivity contribution in [1.29, 1.82) is 0 Å². The van der Waals surface area contributed by atoms with Crippen molar-refractivity contribution in [2.75, 3.05) is 11.9 Å². The van der Waals surface area contributed by atoms with Crippen molar-refractivity contribution < 1.29 is 4.74 Å². The molecule has 0 radical (unpaired) electrons. The van der Waals surface area contributed by atoms with E-state index >= 15 is 0 Å². The zero-order valence-electron chi connectivity index (χ0n) is 9.79. The van der Waals surface area contributed by atoms with Gasteiger partial charge in [0.25, 0.3) is 0 Å². The largest absolute Gasteiger partial charge is 0.381 e. The van der Waals surface area contributed by atoms with E-state index in [-0.39, 0.29) is 0 Å². The van der Waals surface area contributed by atoms with Crippen LogP contribution >= 0.6 is 15.9 Å². The maximum atomic E-state index is 5.55. The van der Waals surface area contributed by atoms with Gasteiger partial charge in [0, 0.05) is 22.8 Å². The number of aryl methyl sites for hydroxylation is 1. The summed E-state index contributed by atoms with van der Waals surface area (Å²) in [5.41, 5.74) is 2.46. The average Bonchev–Trinajstić information content (AvgIpc) is 2.21. The molecule has 0 heterocycles. The first-order valence-corrected chi connectivity index (χ1v) is 6.63. The Morgan fingerprint density at radius 1 is 1.44 bits per heavy atom. The first-order chi connectivity index (χ1) is 7.70. The van der Waals surface area contributed by atoms with Crippen LogP contribution in [0, 0.1) is 6.92 Å². The zero-order chi connectivity index (χ0) is 11.5. The van der Waals surface area contributed by atoms with Crippen LogP contribution in [0.15, 0.2) is 22.7 Å². The first kappa shape index (κ1) is 11.9. The second kappa shape index (κ2) is 5.19. The third kappa shape index (κ3) is 2.58. The number of hydrogen-bond donors (Lipinski definition) is 1. The highest BCUT2D eigenvalue weighted by atomic mass is 79.9.